The van der Waals surface area contributed by atoms with Crippen LogP contribution in [-0.4, -0.2) is 29.0 Å². The van der Waals surface area contributed by atoms with Crippen LogP contribution in [0.2, 0.25) is 0 Å². The van der Waals surface area contributed by atoms with Crippen LogP contribution in [0.4, 0.5) is 11.4 Å². The predicted molar refractivity (Wildman–Crippen MR) is 81.0 cm³/mol. The first kappa shape index (κ1) is 16.0. The molecule has 0 radical (unpaired) electrons. The summed E-state index contributed by atoms with van der Waals surface area (Å²) in [4.78, 5) is 33.6. The number of hydrogen-bond donors (Lipinski definition) is 2. The summed E-state index contributed by atoms with van der Waals surface area (Å²) in [6.07, 6.45) is 0. The molecule has 0 aromatic heterocycles. The molecule has 2 aromatic carbocycles. The van der Waals surface area contributed by atoms with E-state index in [9.17, 15) is 19.7 Å². The maximum atomic E-state index is 12.3. The maximum Gasteiger partial charge on any atom is 0.336 e. The van der Waals surface area contributed by atoms with Gasteiger partial charge in [-0.2, -0.15) is 0 Å². The molecule has 118 valence electrons. The van der Waals surface area contributed by atoms with E-state index in [1.807, 2.05) is 0 Å². The number of carbonyl (C=O) groups excluding carboxylic acids is 1. The van der Waals surface area contributed by atoms with Crippen molar-refractivity contribution in [2.75, 3.05) is 12.4 Å². The van der Waals surface area contributed by atoms with Gasteiger partial charge < -0.3 is 15.2 Å². The number of carboxylic acid groups (broad SMARTS) is 1. The lowest BCUT2D eigenvalue weighted by atomic mass is 10.1. The largest absolute Gasteiger partial charge is 0.494 e. The highest BCUT2D eigenvalue weighted by molar-refractivity contribution is 6.11. The quantitative estimate of drug-likeness (QED) is 0.646. The van der Waals surface area contributed by atoms with E-state index in [-0.39, 0.29) is 28.3 Å². The minimum absolute atomic E-state index is 0.0274. The van der Waals surface area contributed by atoms with Crippen LogP contribution in [0.1, 0.15) is 20.7 Å². The van der Waals surface area contributed by atoms with Crippen molar-refractivity contribution in [3.05, 3.63) is 63.7 Å². The van der Waals surface area contributed by atoms with Crippen molar-refractivity contribution in [1.82, 2.24) is 0 Å². The smallest absolute Gasteiger partial charge is 0.336 e. The lowest BCUT2D eigenvalue weighted by Crippen LogP contribution is -2.16. The molecule has 0 atom stereocenters. The summed E-state index contributed by atoms with van der Waals surface area (Å²) >= 11 is 0. The molecular weight excluding hydrogens is 304 g/mol. The fourth-order valence-corrected chi connectivity index (χ4v) is 1.95. The molecule has 0 spiro atoms. The summed E-state index contributed by atoms with van der Waals surface area (Å²) < 4.78 is 5.02. The summed E-state index contributed by atoms with van der Waals surface area (Å²) in [6, 6.07) is 9.42. The van der Waals surface area contributed by atoms with Gasteiger partial charge in [-0.3, -0.25) is 14.9 Å². The minimum Gasteiger partial charge on any atom is -0.494 e. The molecule has 8 heteroatoms. The van der Waals surface area contributed by atoms with E-state index in [1.54, 1.807) is 0 Å². The van der Waals surface area contributed by atoms with Gasteiger partial charge in [0.15, 0.2) is 0 Å². The highest BCUT2D eigenvalue weighted by Gasteiger charge is 2.18. The monoisotopic (exact) mass is 316 g/mol. The Kier molecular flexibility index (Phi) is 4.55. The molecule has 0 saturated carbocycles. The van der Waals surface area contributed by atoms with Gasteiger partial charge in [0.2, 0.25) is 0 Å². The number of nitrogens with zero attached hydrogens (tertiary/aromatic N) is 1. The molecule has 0 aliphatic heterocycles. The molecular formula is C15H12N2O6. The molecule has 2 N–H and O–H groups in total. The van der Waals surface area contributed by atoms with Crippen LogP contribution in [0.25, 0.3) is 0 Å². The van der Waals surface area contributed by atoms with E-state index in [4.69, 9.17) is 9.84 Å². The Morgan fingerprint density at radius 3 is 2.39 bits per heavy atom. The Balaban J connectivity index is 2.34. The second-order valence-electron chi connectivity index (χ2n) is 4.45. The number of nitro benzene ring substituents is 1. The highest BCUT2D eigenvalue weighted by atomic mass is 16.6. The summed E-state index contributed by atoms with van der Waals surface area (Å²) in [5.41, 5.74) is -0.166. The van der Waals surface area contributed by atoms with Gasteiger partial charge in [-0.25, -0.2) is 4.79 Å². The first-order valence-electron chi connectivity index (χ1n) is 6.40. The van der Waals surface area contributed by atoms with Crippen LogP contribution in [-0.2, 0) is 0 Å². The van der Waals surface area contributed by atoms with Crippen molar-refractivity contribution in [3.63, 3.8) is 0 Å². The van der Waals surface area contributed by atoms with Crippen LogP contribution in [0.3, 0.4) is 0 Å². The molecule has 0 aliphatic rings. The van der Waals surface area contributed by atoms with Gasteiger partial charge in [-0.1, -0.05) is 12.1 Å². The number of carbonyl (C=O) groups is 2. The first-order chi connectivity index (χ1) is 10.9. The Labute approximate surface area is 130 Å². The molecule has 2 rings (SSSR count). The average Bonchev–Trinajstić information content (AvgIpc) is 2.54. The van der Waals surface area contributed by atoms with Crippen LogP contribution < -0.4 is 10.1 Å². The van der Waals surface area contributed by atoms with Crippen molar-refractivity contribution >= 4 is 23.3 Å². The molecule has 1 amide bonds. The number of nitro groups is 1. The number of nitrogens with one attached hydrogen (secondary N) is 1. The molecule has 8 nitrogen and oxygen atoms in total. The SMILES string of the molecule is COc1cc([N+](=O)[O-])ccc1NC(=O)c1ccccc1C(=O)O. The van der Waals surface area contributed by atoms with Gasteiger partial charge >= 0.3 is 5.97 Å². The molecule has 0 heterocycles. The number of rotatable bonds is 5. The Morgan fingerprint density at radius 1 is 1.17 bits per heavy atom. The van der Waals surface area contributed by atoms with E-state index >= 15 is 0 Å². The molecule has 0 fully saturated rings. The lowest BCUT2D eigenvalue weighted by molar-refractivity contribution is -0.384. The second kappa shape index (κ2) is 6.56. The molecule has 2 aromatic rings. The van der Waals surface area contributed by atoms with E-state index in [0.717, 1.165) is 0 Å². The standard InChI is InChI=1S/C15H12N2O6/c1-23-13-8-9(17(21)22)6-7-12(13)16-14(18)10-4-2-3-5-11(10)15(19)20/h2-8H,1H3,(H,16,18)(H,19,20). The van der Waals surface area contributed by atoms with Gasteiger partial charge in [0, 0.05) is 6.07 Å². The Bertz CT molecular complexity index is 787. The van der Waals surface area contributed by atoms with Crippen molar-refractivity contribution < 1.29 is 24.4 Å². The zero-order valence-electron chi connectivity index (χ0n) is 12.0. The van der Waals surface area contributed by atoms with E-state index in [0.29, 0.717) is 0 Å². The normalized spacial score (nSPS) is 9.96. The molecule has 0 unspecified atom stereocenters. The minimum atomic E-state index is -1.23. The van der Waals surface area contributed by atoms with Crippen LogP contribution in [0.5, 0.6) is 5.75 Å². The summed E-state index contributed by atoms with van der Waals surface area (Å²) in [6.45, 7) is 0. The fraction of sp³-hybridized carbons (Fsp3) is 0.0667. The maximum absolute atomic E-state index is 12.3. The topological polar surface area (TPSA) is 119 Å². The Hall–Kier alpha value is -3.42. The van der Waals surface area contributed by atoms with Gasteiger partial charge in [0.25, 0.3) is 11.6 Å². The number of carboxylic acids is 1. The van der Waals surface area contributed by atoms with Crippen molar-refractivity contribution in [1.29, 1.82) is 0 Å². The molecule has 0 bridgehead atoms. The number of methoxy groups -OCH3 is 1. The number of ether oxygens (including phenoxy) is 1. The highest BCUT2D eigenvalue weighted by Crippen LogP contribution is 2.29. The molecule has 23 heavy (non-hydrogen) atoms. The number of anilines is 1. The third kappa shape index (κ3) is 3.43. The van der Waals surface area contributed by atoms with E-state index in [2.05, 4.69) is 5.32 Å². The number of amides is 1. The summed E-state index contributed by atoms with van der Waals surface area (Å²) in [5.74, 6) is -1.79. The van der Waals surface area contributed by atoms with Crippen molar-refractivity contribution in [2.45, 2.75) is 0 Å². The van der Waals surface area contributed by atoms with Crippen molar-refractivity contribution in [3.8, 4) is 5.75 Å². The zero-order chi connectivity index (χ0) is 17.0. The first-order valence-corrected chi connectivity index (χ1v) is 6.40. The fourth-order valence-electron chi connectivity index (χ4n) is 1.95. The van der Waals surface area contributed by atoms with E-state index < -0.39 is 16.8 Å². The molecule has 0 saturated heterocycles. The van der Waals surface area contributed by atoms with Crippen LogP contribution >= 0.6 is 0 Å². The van der Waals surface area contributed by atoms with E-state index in [1.165, 1.54) is 49.6 Å². The van der Waals surface area contributed by atoms with Gasteiger partial charge in [-0.05, 0) is 18.2 Å². The third-order valence-electron chi connectivity index (χ3n) is 3.05. The lowest BCUT2D eigenvalue weighted by Gasteiger charge is -2.11. The third-order valence-corrected chi connectivity index (χ3v) is 3.05. The number of benzene rings is 2. The second-order valence-corrected chi connectivity index (χ2v) is 4.45. The number of hydrogen-bond acceptors (Lipinski definition) is 5. The van der Waals surface area contributed by atoms with Crippen molar-refractivity contribution in [2.24, 2.45) is 0 Å². The zero-order valence-corrected chi connectivity index (χ0v) is 12.0. The van der Waals surface area contributed by atoms with Gasteiger partial charge in [0.1, 0.15) is 5.75 Å². The van der Waals surface area contributed by atoms with Crippen LogP contribution in [0, 0.1) is 10.1 Å². The van der Waals surface area contributed by atoms with Crippen LogP contribution in [0.15, 0.2) is 42.5 Å². The number of non-ortho nitro benzene ring substituents is 1. The molecule has 0 aliphatic carbocycles. The van der Waals surface area contributed by atoms with Gasteiger partial charge in [0.05, 0.1) is 34.9 Å². The van der Waals surface area contributed by atoms with Gasteiger partial charge in [-0.15, -0.1) is 0 Å². The number of aromatic carboxylic acids is 1. The average molecular weight is 316 g/mol. The summed E-state index contributed by atoms with van der Waals surface area (Å²) in [7, 11) is 1.31. The summed E-state index contributed by atoms with van der Waals surface area (Å²) in [5, 5.41) is 22.3. The Morgan fingerprint density at radius 2 is 1.83 bits per heavy atom. The predicted octanol–water partition coefficient (Wildman–Crippen LogP) is 2.55.